The molecule has 6 rings (SSSR count). The summed E-state index contributed by atoms with van der Waals surface area (Å²) < 4.78 is 17.2. The van der Waals surface area contributed by atoms with E-state index in [0.717, 1.165) is 11.3 Å². The van der Waals surface area contributed by atoms with Crippen LogP contribution in [0.3, 0.4) is 0 Å². The van der Waals surface area contributed by atoms with Crippen LogP contribution in [0.5, 0.6) is 17.2 Å². The molecule has 0 radical (unpaired) electrons. The normalized spacial score (nSPS) is 21.7. The van der Waals surface area contributed by atoms with Crippen LogP contribution >= 0.6 is 11.6 Å². The SMILES string of the molecule is COc1ccc([C@@H]2[C@H](C(=O)C(C)(C)C)N3c4ccc(Cl)cc4C=C[C@H]3C23C(=O)c2ccccc2C3=O)c(OC)c1OC. The second kappa shape index (κ2) is 9.73. The largest absolute Gasteiger partial charge is 0.493 e. The van der Waals surface area contributed by atoms with Crippen molar-refractivity contribution >= 4 is 40.7 Å². The van der Waals surface area contributed by atoms with E-state index in [1.165, 1.54) is 21.3 Å². The number of hydrogen-bond acceptors (Lipinski definition) is 7. The van der Waals surface area contributed by atoms with Gasteiger partial charge in [0, 0.05) is 38.7 Å². The summed E-state index contributed by atoms with van der Waals surface area (Å²) in [6, 6.07) is 14.2. The van der Waals surface area contributed by atoms with Gasteiger partial charge in [-0.1, -0.05) is 74.9 Å². The van der Waals surface area contributed by atoms with E-state index in [-0.39, 0.29) is 17.3 Å². The molecule has 3 aromatic carbocycles. The highest BCUT2D eigenvalue weighted by Gasteiger charge is 2.72. The first-order chi connectivity index (χ1) is 20.0. The summed E-state index contributed by atoms with van der Waals surface area (Å²) in [6.07, 6.45) is 3.76. The van der Waals surface area contributed by atoms with E-state index in [1.807, 2.05) is 50.0 Å². The van der Waals surface area contributed by atoms with Gasteiger partial charge in [-0.15, -0.1) is 0 Å². The van der Waals surface area contributed by atoms with Gasteiger partial charge in [0.2, 0.25) is 5.75 Å². The lowest BCUT2D eigenvalue weighted by atomic mass is 9.63. The second-order valence-corrected chi connectivity index (χ2v) is 12.4. The number of benzene rings is 3. The van der Waals surface area contributed by atoms with Crippen LogP contribution in [0.15, 0.2) is 60.7 Å². The van der Waals surface area contributed by atoms with Crippen molar-refractivity contribution in [2.24, 2.45) is 10.8 Å². The first-order valence-corrected chi connectivity index (χ1v) is 14.2. The first kappa shape index (κ1) is 28.0. The summed E-state index contributed by atoms with van der Waals surface area (Å²) in [6.45, 7) is 5.56. The smallest absolute Gasteiger partial charge is 0.203 e. The Balaban J connectivity index is 1.75. The first-order valence-electron chi connectivity index (χ1n) is 13.8. The van der Waals surface area contributed by atoms with Gasteiger partial charge in [-0.3, -0.25) is 14.4 Å². The Bertz CT molecular complexity index is 1650. The number of ether oxygens (including phenoxy) is 3. The standard InChI is InChI=1S/C34H32ClNO6/c1-33(2,3)32(39)27-26(22-13-15-24(40-4)29(42-6)28(22)41-5)34(30(37)20-9-7-8-10-21(20)31(34)38)25-16-11-18-17-19(35)12-14-23(18)36(25)27/h7-17,25-27H,1-6H3/t25-,26+,27+/m0/s1. The number of hydrogen-bond donors (Lipinski definition) is 0. The van der Waals surface area contributed by atoms with Crippen molar-refractivity contribution in [3.05, 3.63) is 87.9 Å². The monoisotopic (exact) mass is 585 g/mol. The fraction of sp³-hybridized carbons (Fsp3) is 0.324. The highest BCUT2D eigenvalue weighted by atomic mass is 35.5. The molecule has 8 heteroatoms. The molecule has 7 nitrogen and oxygen atoms in total. The Hall–Kier alpha value is -4.10. The van der Waals surface area contributed by atoms with Crippen molar-refractivity contribution in [2.75, 3.05) is 26.2 Å². The summed E-state index contributed by atoms with van der Waals surface area (Å²) in [5.41, 5.74) is 0.287. The van der Waals surface area contributed by atoms with Crippen LogP contribution in [0.25, 0.3) is 6.08 Å². The highest BCUT2D eigenvalue weighted by Crippen LogP contribution is 2.63. The van der Waals surface area contributed by atoms with E-state index in [4.69, 9.17) is 25.8 Å². The zero-order chi connectivity index (χ0) is 30.1. The number of methoxy groups -OCH3 is 3. The van der Waals surface area contributed by atoms with Gasteiger partial charge in [0.05, 0.1) is 33.4 Å². The fourth-order valence-electron chi connectivity index (χ4n) is 7.10. The molecule has 216 valence electrons. The Labute approximate surface area is 250 Å². The minimum absolute atomic E-state index is 0.112. The molecule has 3 aliphatic rings. The van der Waals surface area contributed by atoms with Gasteiger partial charge in [-0.2, -0.15) is 0 Å². The average Bonchev–Trinajstić information content (AvgIpc) is 3.40. The van der Waals surface area contributed by atoms with E-state index in [1.54, 1.807) is 42.5 Å². The molecule has 2 aliphatic heterocycles. The summed E-state index contributed by atoms with van der Waals surface area (Å²) in [5.74, 6) is -0.616. The molecular weight excluding hydrogens is 554 g/mol. The molecule has 0 aromatic heterocycles. The maximum absolute atomic E-state index is 14.8. The number of anilines is 1. The maximum atomic E-state index is 14.8. The molecule has 2 heterocycles. The zero-order valence-corrected chi connectivity index (χ0v) is 25.1. The third-order valence-corrected chi connectivity index (χ3v) is 9.08. The van der Waals surface area contributed by atoms with Crippen LogP contribution in [0, 0.1) is 10.8 Å². The number of Topliss-reactive ketones (excluding diaryl/α,β-unsaturated/α-hetero) is 3. The molecule has 3 atom stereocenters. The molecular formula is C34H32ClNO6. The molecule has 0 saturated carbocycles. The number of nitrogens with zero attached hydrogens (tertiary/aromatic N) is 1. The van der Waals surface area contributed by atoms with Gasteiger partial charge < -0.3 is 19.1 Å². The molecule has 1 fully saturated rings. The molecule has 0 unspecified atom stereocenters. The van der Waals surface area contributed by atoms with E-state index >= 15 is 0 Å². The lowest BCUT2D eigenvalue weighted by Crippen LogP contribution is -2.49. The van der Waals surface area contributed by atoms with Gasteiger partial charge in [0.1, 0.15) is 5.41 Å². The lowest BCUT2D eigenvalue weighted by molar-refractivity contribution is -0.127. The number of halogens is 1. The Morgan fingerprint density at radius 2 is 1.52 bits per heavy atom. The van der Waals surface area contributed by atoms with Gasteiger partial charge in [0.25, 0.3) is 0 Å². The molecule has 42 heavy (non-hydrogen) atoms. The number of rotatable bonds is 5. The van der Waals surface area contributed by atoms with Gasteiger partial charge in [-0.25, -0.2) is 0 Å². The predicted octanol–water partition coefficient (Wildman–Crippen LogP) is 6.41. The summed E-state index contributed by atoms with van der Waals surface area (Å²) in [5, 5.41) is 0.544. The number of ketones is 3. The second-order valence-electron chi connectivity index (χ2n) is 11.9. The lowest BCUT2D eigenvalue weighted by Gasteiger charge is -2.38. The van der Waals surface area contributed by atoms with Crippen LogP contribution in [0.2, 0.25) is 5.02 Å². The third kappa shape index (κ3) is 3.62. The van der Waals surface area contributed by atoms with Crippen LogP contribution in [-0.4, -0.2) is 50.8 Å². The Morgan fingerprint density at radius 3 is 2.10 bits per heavy atom. The fourth-order valence-corrected chi connectivity index (χ4v) is 7.28. The highest BCUT2D eigenvalue weighted by molar-refractivity contribution is 6.32. The molecule has 1 aliphatic carbocycles. The molecule has 0 bridgehead atoms. The van der Waals surface area contributed by atoms with E-state index in [0.29, 0.717) is 39.0 Å². The van der Waals surface area contributed by atoms with E-state index in [9.17, 15) is 14.4 Å². The minimum atomic E-state index is -1.66. The number of carbonyl (C=O) groups excluding carboxylic acids is 3. The zero-order valence-electron chi connectivity index (χ0n) is 24.4. The van der Waals surface area contributed by atoms with Crippen LogP contribution in [0.1, 0.15) is 58.5 Å². The van der Waals surface area contributed by atoms with E-state index < -0.39 is 28.8 Å². The summed E-state index contributed by atoms with van der Waals surface area (Å²) in [7, 11) is 4.52. The summed E-state index contributed by atoms with van der Waals surface area (Å²) >= 11 is 6.38. The third-order valence-electron chi connectivity index (χ3n) is 8.84. The number of carbonyl (C=O) groups is 3. The average molecular weight is 586 g/mol. The minimum Gasteiger partial charge on any atom is -0.493 e. The van der Waals surface area contributed by atoms with Crippen molar-refractivity contribution in [2.45, 2.75) is 38.8 Å². The van der Waals surface area contributed by atoms with Crippen molar-refractivity contribution < 1.29 is 28.6 Å². The van der Waals surface area contributed by atoms with Gasteiger partial charge in [-0.05, 0) is 29.8 Å². The Morgan fingerprint density at radius 1 is 0.881 bits per heavy atom. The van der Waals surface area contributed by atoms with E-state index in [2.05, 4.69) is 0 Å². The molecule has 1 spiro atoms. The molecule has 0 amide bonds. The quantitative estimate of drug-likeness (QED) is 0.320. The molecule has 0 N–H and O–H groups in total. The van der Waals surface area contributed by atoms with Crippen molar-refractivity contribution in [1.82, 2.24) is 0 Å². The molecule has 3 aromatic rings. The van der Waals surface area contributed by atoms with Crippen LogP contribution in [0.4, 0.5) is 5.69 Å². The van der Waals surface area contributed by atoms with Crippen molar-refractivity contribution in [1.29, 1.82) is 0 Å². The van der Waals surface area contributed by atoms with Crippen LogP contribution < -0.4 is 19.1 Å². The van der Waals surface area contributed by atoms with Crippen LogP contribution in [-0.2, 0) is 4.79 Å². The number of fused-ring (bicyclic) bond motifs is 5. The maximum Gasteiger partial charge on any atom is 0.203 e. The summed E-state index contributed by atoms with van der Waals surface area (Å²) in [4.78, 5) is 46.3. The van der Waals surface area contributed by atoms with Gasteiger partial charge >= 0.3 is 0 Å². The topological polar surface area (TPSA) is 82.1 Å². The van der Waals surface area contributed by atoms with Crippen molar-refractivity contribution in [3.8, 4) is 17.2 Å². The van der Waals surface area contributed by atoms with Crippen molar-refractivity contribution in [3.63, 3.8) is 0 Å². The molecule has 1 saturated heterocycles. The van der Waals surface area contributed by atoms with Gasteiger partial charge in [0.15, 0.2) is 28.8 Å². The predicted molar refractivity (Wildman–Crippen MR) is 161 cm³/mol. The Kier molecular flexibility index (Phi) is 6.50.